The number of carbonyl (C=O) groups is 3. The van der Waals surface area contributed by atoms with Crippen LogP contribution in [0.1, 0.15) is 16.7 Å². The molecule has 3 aromatic rings. The summed E-state index contributed by atoms with van der Waals surface area (Å²) < 4.78 is 6.10. The van der Waals surface area contributed by atoms with Crippen molar-refractivity contribution in [1.29, 1.82) is 0 Å². The van der Waals surface area contributed by atoms with E-state index in [-0.39, 0.29) is 5.57 Å². The first-order valence-corrected chi connectivity index (χ1v) is 10.6. The quantitative estimate of drug-likeness (QED) is 0.414. The van der Waals surface area contributed by atoms with Crippen LogP contribution in [0.25, 0.3) is 6.08 Å². The van der Waals surface area contributed by atoms with Crippen LogP contribution in [0.2, 0.25) is 0 Å². The molecular weight excluding hydrogens is 472 g/mol. The minimum Gasteiger partial charge on any atom is -0.497 e. The smallest absolute Gasteiger partial charge is 0.335 e. The summed E-state index contributed by atoms with van der Waals surface area (Å²) in [5.74, 6) is -0.813. The molecule has 0 unspecified atom stereocenters. The molecule has 1 fully saturated rings. The van der Waals surface area contributed by atoms with E-state index >= 15 is 0 Å². The molecule has 3 aromatic carbocycles. The average Bonchev–Trinajstić information content (AvgIpc) is 2.79. The number of anilines is 1. The summed E-state index contributed by atoms with van der Waals surface area (Å²) in [6.45, 7) is 0. The molecule has 1 heterocycles. The minimum absolute atomic E-state index is 0.111. The lowest BCUT2D eigenvalue weighted by molar-refractivity contribution is -0.122. The minimum atomic E-state index is -0.788. The van der Waals surface area contributed by atoms with Gasteiger partial charge in [-0.2, -0.15) is 0 Å². The number of halogens is 1. The highest BCUT2D eigenvalue weighted by Gasteiger charge is 2.36. The number of ether oxygens (including phenoxy) is 1. The van der Waals surface area contributed by atoms with Gasteiger partial charge >= 0.3 is 6.03 Å². The summed E-state index contributed by atoms with van der Waals surface area (Å²) in [5, 5.41) is 2.26. The maximum absolute atomic E-state index is 13.2. The topological polar surface area (TPSA) is 75.7 Å². The van der Waals surface area contributed by atoms with Crippen molar-refractivity contribution < 1.29 is 19.1 Å². The molecule has 7 heteroatoms. The predicted octanol–water partition coefficient (Wildman–Crippen LogP) is 4.71. The molecule has 0 bridgehead atoms. The second-order valence-electron chi connectivity index (χ2n) is 7.12. The molecule has 160 valence electrons. The maximum atomic E-state index is 13.2. The van der Waals surface area contributed by atoms with E-state index in [1.807, 2.05) is 48.5 Å². The van der Waals surface area contributed by atoms with E-state index in [0.717, 1.165) is 26.1 Å². The lowest BCUT2D eigenvalue weighted by Crippen LogP contribution is -2.54. The summed E-state index contributed by atoms with van der Waals surface area (Å²) in [6.07, 6.45) is 2.14. The van der Waals surface area contributed by atoms with Crippen molar-refractivity contribution in [2.24, 2.45) is 0 Å². The van der Waals surface area contributed by atoms with E-state index in [2.05, 4.69) is 21.2 Å². The fraction of sp³-hybridized carbons (Fsp3) is 0.0800. The Kier molecular flexibility index (Phi) is 6.18. The van der Waals surface area contributed by atoms with Gasteiger partial charge in [-0.25, -0.2) is 9.69 Å². The van der Waals surface area contributed by atoms with Crippen LogP contribution in [0, 0.1) is 0 Å². The standard InChI is InChI=1S/C25H19BrN2O4/c1-32-20-12-10-19(11-13-20)28-24(30)21(23(29)27-25(28)31)15-17-7-3-2-6-16(17)14-18-8-4-5-9-22(18)26/h2-13,15H,14H2,1H3,(H,27,29,31)/b21-15+. The molecule has 0 radical (unpaired) electrons. The zero-order valence-electron chi connectivity index (χ0n) is 17.2. The van der Waals surface area contributed by atoms with Gasteiger partial charge in [-0.05, 0) is 59.5 Å². The fourth-order valence-corrected chi connectivity index (χ4v) is 3.89. The second kappa shape index (κ2) is 9.20. The number of carbonyl (C=O) groups excluding carboxylic acids is 3. The summed E-state index contributed by atoms with van der Waals surface area (Å²) >= 11 is 3.56. The molecule has 1 aliphatic rings. The Morgan fingerprint density at radius 3 is 2.25 bits per heavy atom. The van der Waals surface area contributed by atoms with Crippen molar-refractivity contribution in [2.45, 2.75) is 6.42 Å². The summed E-state index contributed by atoms with van der Waals surface area (Å²) in [5.41, 5.74) is 2.98. The van der Waals surface area contributed by atoms with Gasteiger partial charge in [0, 0.05) is 4.47 Å². The zero-order chi connectivity index (χ0) is 22.7. The van der Waals surface area contributed by atoms with Crippen LogP contribution in [0.4, 0.5) is 10.5 Å². The SMILES string of the molecule is COc1ccc(N2C(=O)NC(=O)/C(=C\c3ccccc3Cc3ccccc3Br)C2=O)cc1. The van der Waals surface area contributed by atoms with Gasteiger partial charge in [0.1, 0.15) is 11.3 Å². The third kappa shape index (κ3) is 4.33. The van der Waals surface area contributed by atoms with Gasteiger partial charge in [0.25, 0.3) is 11.8 Å². The highest BCUT2D eigenvalue weighted by molar-refractivity contribution is 9.10. The van der Waals surface area contributed by atoms with Gasteiger partial charge < -0.3 is 4.74 Å². The Bertz CT molecular complexity index is 1230. The number of benzene rings is 3. The molecule has 6 nitrogen and oxygen atoms in total. The van der Waals surface area contributed by atoms with E-state index in [4.69, 9.17) is 4.74 Å². The molecule has 0 atom stereocenters. The molecular formula is C25H19BrN2O4. The largest absolute Gasteiger partial charge is 0.497 e. The molecule has 0 aromatic heterocycles. The fourth-order valence-electron chi connectivity index (χ4n) is 3.46. The summed E-state index contributed by atoms with van der Waals surface area (Å²) in [6, 6.07) is 21.1. The van der Waals surface area contributed by atoms with E-state index in [9.17, 15) is 14.4 Å². The molecule has 32 heavy (non-hydrogen) atoms. The number of hydrogen-bond acceptors (Lipinski definition) is 4. The van der Waals surface area contributed by atoms with Crippen molar-refractivity contribution in [3.8, 4) is 5.75 Å². The van der Waals surface area contributed by atoms with E-state index in [1.54, 1.807) is 24.3 Å². The monoisotopic (exact) mass is 490 g/mol. The first-order valence-electron chi connectivity index (χ1n) is 9.85. The second-order valence-corrected chi connectivity index (χ2v) is 7.98. The van der Waals surface area contributed by atoms with Gasteiger partial charge in [0.2, 0.25) is 0 Å². The number of barbiturate groups is 1. The van der Waals surface area contributed by atoms with E-state index in [1.165, 1.54) is 13.2 Å². The number of rotatable bonds is 5. The predicted molar refractivity (Wildman–Crippen MR) is 125 cm³/mol. The Morgan fingerprint density at radius 2 is 1.56 bits per heavy atom. The lowest BCUT2D eigenvalue weighted by Gasteiger charge is -2.26. The van der Waals surface area contributed by atoms with E-state index in [0.29, 0.717) is 17.9 Å². The molecule has 0 spiro atoms. The van der Waals surface area contributed by atoms with Gasteiger partial charge in [0.05, 0.1) is 12.8 Å². The Balaban J connectivity index is 1.70. The van der Waals surface area contributed by atoms with Crippen molar-refractivity contribution in [3.05, 3.63) is 99.5 Å². The van der Waals surface area contributed by atoms with Gasteiger partial charge in [-0.15, -0.1) is 0 Å². The first-order chi connectivity index (χ1) is 15.5. The number of imide groups is 2. The van der Waals surface area contributed by atoms with Crippen LogP contribution in [-0.4, -0.2) is 25.0 Å². The van der Waals surface area contributed by atoms with Crippen LogP contribution in [0.3, 0.4) is 0 Å². The van der Waals surface area contributed by atoms with Crippen LogP contribution in [0.5, 0.6) is 5.75 Å². The molecule has 0 saturated carbocycles. The summed E-state index contributed by atoms with van der Waals surface area (Å²) in [4.78, 5) is 39.1. The number of hydrogen-bond donors (Lipinski definition) is 1. The maximum Gasteiger partial charge on any atom is 0.335 e. The third-order valence-electron chi connectivity index (χ3n) is 5.13. The highest BCUT2D eigenvalue weighted by atomic mass is 79.9. The number of urea groups is 1. The number of nitrogens with one attached hydrogen (secondary N) is 1. The van der Waals surface area contributed by atoms with Crippen molar-refractivity contribution >= 4 is 45.5 Å². The van der Waals surface area contributed by atoms with Crippen molar-refractivity contribution in [1.82, 2.24) is 5.32 Å². The number of nitrogens with zero attached hydrogens (tertiary/aromatic N) is 1. The molecule has 4 rings (SSSR count). The molecule has 1 saturated heterocycles. The molecule has 1 aliphatic heterocycles. The average molecular weight is 491 g/mol. The van der Waals surface area contributed by atoms with Crippen molar-refractivity contribution in [3.63, 3.8) is 0 Å². The number of methoxy groups -OCH3 is 1. The van der Waals surface area contributed by atoms with Crippen LogP contribution < -0.4 is 15.0 Å². The third-order valence-corrected chi connectivity index (χ3v) is 5.90. The highest BCUT2D eigenvalue weighted by Crippen LogP contribution is 2.26. The van der Waals surface area contributed by atoms with Crippen LogP contribution >= 0.6 is 15.9 Å². The van der Waals surface area contributed by atoms with Gasteiger partial charge in [-0.3, -0.25) is 14.9 Å². The molecule has 1 N–H and O–H groups in total. The normalized spacial score (nSPS) is 15.1. The van der Waals surface area contributed by atoms with Gasteiger partial charge in [0.15, 0.2) is 0 Å². The summed E-state index contributed by atoms with van der Waals surface area (Å²) in [7, 11) is 1.53. The Labute approximate surface area is 193 Å². The zero-order valence-corrected chi connectivity index (χ0v) is 18.8. The Hall–Kier alpha value is -3.71. The van der Waals surface area contributed by atoms with Gasteiger partial charge in [-0.1, -0.05) is 58.4 Å². The van der Waals surface area contributed by atoms with Crippen LogP contribution in [0.15, 0.2) is 82.8 Å². The molecule has 0 aliphatic carbocycles. The molecule has 4 amide bonds. The number of amides is 4. The first kappa shape index (κ1) is 21.5. The lowest BCUT2D eigenvalue weighted by atomic mass is 9.97. The van der Waals surface area contributed by atoms with Crippen LogP contribution in [-0.2, 0) is 16.0 Å². The Morgan fingerprint density at radius 1 is 0.906 bits per heavy atom. The van der Waals surface area contributed by atoms with Crippen molar-refractivity contribution in [2.75, 3.05) is 12.0 Å². The van der Waals surface area contributed by atoms with E-state index < -0.39 is 17.8 Å².